The number of aliphatic hydroxyl groups excluding tert-OH is 2. The molecule has 1 aliphatic rings. The van der Waals surface area contributed by atoms with Crippen molar-refractivity contribution >= 4 is 16.5 Å². The fraction of sp³-hybridized carbons (Fsp3) is 0.438. The number of aromatic nitrogens is 1. The van der Waals surface area contributed by atoms with Crippen molar-refractivity contribution in [3.05, 3.63) is 40.6 Å². The van der Waals surface area contributed by atoms with Crippen LogP contribution in [-0.2, 0) is 4.74 Å². The average Bonchev–Trinajstić information content (AvgIpc) is 2.75. The Labute approximate surface area is 132 Å². The van der Waals surface area contributed by atoms with Crippen LogP contribution < -0.4 is 10.5 Å². The van der Waals surface area contributed by atoms with Gasteiger partial charge in [0.2, 0.25) is 0 Å². The predicted octanol–water partition coefficient (Wildman–Crippen LogP) is 0.846. The number of pyridine rings is 1. The first-order chi connectivity index (χ1) is 10.8. The van der Waals surface area contributed by atoms with Gasteiger partial charge in [-0.25, -0.2) is 4.39 Å². The number of rotatable bonds is 2. The largest absolute Gasteiger partial charge is 0.388 e. The highest BCUT2D eigenvalue weighted by Gasteiger charge is 2.41. The molecule has 6 nitrogen and oxygen atoms in total. The van der Waals surface area contributed by atoms with E-state index in [0.29, 0.717) is 11.1 Å². The van der Waals surface area contributed by atoms with Crippen LogP contribution >= 0.6 is 0 Å². The molecule has 1 fully saturated rings. The van der Waals surface area contributed by atoms with Gasteiger partial charge in [-0.1, -0.05) is 0 Å². The Balaban J connectivity index is 2.13. The Kier molecular flexibility index (Phi) is 3.87. The number of ether oxygens (including phenoxy) is 1. The lowest BCUT2D eigenvalue weighted by Crippen LogP contribution is -2.34. The SMILES string of the molecule is CC1OC(n2ccc3cc(N(C)C)c(F)cc3c2=O)C(O)C1O. The first-order valence-electron chi connectivity index (χ1n) is 7.34. The van der Waals surface area contributed by atoms with Gasteiger partial charge in [0, 0.05) is 20.3 Å². The number of benzene rings is 1. The molecule has 4 unspecified atom stereocenters. The molecule has 0 saturated carbocycles. The summed E-state index contributed by atoms with van der Waals surface area (Å²) >= 11 is 0. The minimum absolute atomic E-state index is 0.195. The highest BCUT2D eigenvalue weighted by molar-refractivity contribution is 5.85. The molecule has 0 spiro atoms. The minimum atomic E-state index is -1.22. The normalized spacial score (nSPS) is 27.6. The van der Waals surface area contributed by atoms with Gasteiger partial charge >= 0.3 is 0 Å². The second kappa shape index (κ2) is 5.59. The molecule has 23 heavy (non-hydrogen) atoms. The maximum atomic E-state index is 14.1. The van der Waals surface area contributed by atoms with Crippen LogP contribution in [0.25, 0.3) is 10.8 Å². The molecule has 4 atom stereocenters. The molecule has 2 N–H and O–H groups in total. The van der Waals surface area contributed by atoms with Crippen molar-refractivity contribution in [1.29, 1.82) is 0 Å². The molecule has 2 aromatic rings. The third-order valence-electron chi connectivity index (χ3n) is 4.23. The Morgan fingerprint density at radius 2 is 1.96 bits per heavy atom. The summed E-state index contributed by atoms with van der Waals surface area (Å²) in [7, 11) is 3.44. The summed E-state index contributed by atoms with van der Waals surface area (Å²) < 4.78 is 20.8. The standard InChI is InChI=1S/C16H19FN2O4/c1-8-13(20)14(21)16(23-8)19-5-4-9-6-12(18(2)3)11(17)7-10(9)15(19)22/h4-8,13-14,16,20-21H,1-3H3. The van der Waals surface area contributed by atoms with Gasteiger partial charge in [0.25, 0.3) is 5.56 Å². The number of hydrogen-bond donors (Lipinski definition) is 2. The molecular weight excluding hydrogens is 303 g/mol. The van der Waals surface area contributed by atoms with Crippen molar-refractivity contribution in [3.63, 3.8) is 0 Å². The van der Waals surface area contributed by atoms with E-state index >= 15 is 0 Å². The fourth-order valence-electron chi connectivity index (χ4n) is 2.87. The number of aliphatic hydroxyl groups is 2. The Bertz CT molecular complexity index is 805. The fourth-order valence-corrected chi connectivity index (χ4v) is 2.87. The molecule has 1 saturated heterocycles. The lowest BCUT2D eigenvalue weighted by molar-refractivity contribution is -0.0339. The van der Waals surface area contributed by atoms with E-state index in [-0.39, 0.29) is 5.39 Å². The summed E-state index contributed by atoms with van der Waals surface area (Å²) in [4.78, 5) is 14.2. The van der Waals surface area contributed by atoms with Gasteiger partial charge in [-0.2, -0.15) is 0 Å². The topological polar surface area (TPSA) is 74.9 Å². The summed E-state index contributed by atoms with van der Waals surface area (Å²) in [5.74, 6) is -0.501. The molecule has 3 rings (SSSR count). The Morgan fingerprint density at radius 1 is 1.26 bits per heavy atom. The molecule has 0 amide bonds. The first-order valence-corrected chi connectivity index (χ1v) is 7.34. The average molecular weight is 322 g/mol. The van der Waals surface area contributed by atoms with E-state index in [2.05, 4.69) is 0 Å². The van der Waals surface area contributed by atoms with Crippen molar-refractivity contribution in [2.24, 2.45) is 0 Å². The maximum absolute atomic E-state index is 14.1. The summed E-state index contributed by atoms with van der Waals surface area (Å²) in [5, 5.41) is 20.6. The molecular formula is C16H19FN2O4. The van der Waals surface area contributed by atoms with Gasteiger partial charge < -0.3 is 19.8 Å². The van der Waals surface area contributed by atoms with Crippen molar-refractivity contribution in [3.8, 4) is 0 Å². The second-order valence-electron chi connectivity index (χ2n) is 6.03. The summed E-state index contributed by atoms with van der Waals surface area (Å²) in [6.45, 7) is 1.61. The molecule has 2 heterocycles. The van der Waals surface area contributed by atoms with E-state index in [0.717, 1.165) is 0 Å². The predicted molar refractivity (Wildman–Crippen MR) is 84.1 cm³/mol. The highest BCUT2D eigenvalue weighted by atomic mass is 19.1. The molecule has 1 aromatic carbocycles. The maximum Gasteiger partial charge on any atom is 0.260 e. The van der Waals surface area contributed by atoms with Crippen LogP contribution in [0.1, 0.15) is 13.2 Å². The summed E-state index contributed by atoms with van der Waals surface area (Å²) in [6, 6.07) is 4.44. The van der Waals surface area contributed by atoms with Crippen LogP contribution in [-0.4, -0.2) is 47.2 Å². The summed E-state index contributed by atoms with van der Waals surface area (Å²) in [5.41, 5.74) is -0.0899. The minimum Gasteiger partial charge on any atom is -0.388 e. The zero-order chi connectivity index (χ0) is 16.9. The number of halogens is 1. The van der Waals surface area contributed by atoms with Gasteiger partial charge in [0.15, 0.2) is 6.23 Å². The molecule has 0 bridgehead atoms. The number of nitrogens with zero attached hydrogens (tertiary/aromatic N) is 2. The lowest BCUT2D eigenvalue weighted by atomic mass is 10.1. The Morgan fingerprint density at radius 3 is 2.52 bits per heavy atom. The third-order valence-corrected chi connectivity index (χ3v) is 4.23. The zero-order valence-electron chi connectivity index (χ0n) is 13.1. The van der Waals surface area contributed by atoms with Crippen molar-refractivity contribution in [1.82, 2.24) is 4.57 Å². The third kappa shape index (κ3) is 2.50. The van der Waals surface area contributed by atoms with Crippen LogP contribution in [0.2, 0.25) is 0 Å². The van der Waals surface area contributed by atoms with Crippen molar-refractivity contribution in [2.45, 2.75) is 31.5 Å². The monoisotopic (exact) mass is 322 g/mol. The van der Waals surface area contributed by atoms with Gasteiger partial charge in [-0.05, 0) is 30.5 Å². The molecule has 0 radical (unpaired) electrons. The lowest BCUT2D eigenvalue weighted by Gasteiger charge is -2.19. The number of fused-ring (bicyclic) bond motifs is 1. The van der Waals surface area contributed by atoms with Crippen molar-refractivity contribution < 1.29 is 19.3 Å². The molecule has 124 valence electrons. The van der Waals surface area contributed by atoms with Gasteiger partial charge in [0.1, 0.15) is 18.0 Å². The Hall–Kier alpha value is -1.96. The van der Waals surface area contributed by atoms with Gasteiger partial charge in [0.05, 0.1) is 17.2 Å². The molecule has 1 aliphatic heterocycles. The van der Waals surface area contributed by atoms with Crippen LogP contribution in [0.3, 0.4) is 0 Å². The molecule has 1 aromatic heterocycles. The summed E-state index contributed by atoms with van der Waals surface area (Å²) in [6.07, 6.45) is -2.39. The van der Waals surface area contributed by atoms with Crippen molar-refractivity contribution in [2.75, 3.05) is 19.0 Å². The van der Waals surface area contributed by atoms with E-state index in [9.17, 15) is 19.4 Å². The van der Waals surface area contributed by atoms with Gasteiger partial charge in [-0.15, -0.1) is 0 Å². The van der Waals surface area contributed by atoms with E-state index < -0.39 is 35.9 Å². The van der Waals surface area contributed by atoms with E-state index in [1.807, 2.05) is 0 Å². The van der Waals surface area contributed by atoms with E-state index in [1.54, 1.807) is 38.1 Å². The van der Waals surface area contributed by atoms with Crippen LogP contribution in [0.15, 0.2) is 29.2 Å². The second-order valence-corrected chi connectivity index (χ2v) is 6.03. The number of hydrogen-bond acceptors (Lipinski definition) is 5. The van der Waals surface area contributed by atoms with Crippen LogP contribution in [0.4, 0.5) is 10.1 Å². The number of anilines is 1. The highest BCUT2D eigenvalue weighted by Crippen LogP contribution is 2.29. The van der Waals surface area contributed by atoms with E-state index in [4.69, 9.17) is 4.74 Å². The molecule has 7 heteroatoms. The van der Waals surface area contributed by atoms with E-state index in [1.165, 1.54) is 16.8 Å². The van der Waals surface area contributed by atoms with Gasteiger partial charge in [-0.3, -0.25) is 9.36 Å². The van der Waals surface area contributed by atoms with Crippen LogP contribution in [0.5, 0.6) is 0 Å². The smallest absolute Gasteiger partial charge is 0.260 e. The zero-order valence-corrected chi connectivity index (χ0v) is 13.1. The quantitative estimate of drug-likeness (QED) is 0.857. The first kappa shape index (κ1) is 15.9. The van der Waals surface area contributed by atoms with Crippen LogP contribution in [0, 0.1) is 5.82 Å². The molecule has 0 aliphatic carbocycles.